The van der Waals surface area contributed by atoms with Crippen LogP contribution in [0.1, 0.15) is 0 Å². The van der Waals surface area contributed by atoms with E-state index in [-0.39, 0.29) is 5.69 Å². The lowest BCUT2D eigenvalue weighted by atomic mass is 10.1. The Morgan fingerprint density at radius 2 is 1.68 bits per heavy atom. The Morgan fingerprint density at radius 3 is 2.47 bits per heavy atom. The Morgan fingerprint density at radius 1 is 0.947 bits per heavy atom. The van der Waals surface area contributed by atoms with Crippen molar-refractivity contribution in [3.63, 3.8) is 0 Å². The average molecular weight is 276 g/mol. The van der Waals surface area contributed by atoms with Crippen LogP contribution in [0.3, 0.4) is 0 Å². The number of benzene rings is 2. The van der Waals surface area contributed by atoms with Crippen LogP contribution in [0.2, 0.25) is 0 Å². The number of halogens is 1. The summed E-state index contributed by atoms with van der Waals surface area (Å²) in [6, 6.07) is 14.1. The van der Waals surface area contributed by atoms with Gasteiger partial charge >= 0.3 is 10.4 Å². The quantitative estimate of drug-likeness (QED) is 0.578. The van der Waals surface area contributed by atoms with Crippen molar-refractivity contribution in [1.29, 1.82) is 0 Å². The van der Waals surface area contributed by atoms with Gasteiger partial charge < -0.3 is 0 Å². The van der Waals surface area contributed by atoms with Gasteiger partial charge in [0, 0.05) is 10.8 Å². The summed E-state index contributed by atoms with van der Waals surface area (Å²) in [6.07, 6.45) is 0. The van der Waals surface area contributed by atoms with Gasteiger partial charge in [0.15, 0.2) is 0 Å². The fraction of sp³-hybridized carbons (Fsp3) is 0. The lowest BCUT2D eigenvalue weighted by Gasteiger charge is -2.04. The summed E-state index contributed by atoms with van der Waals surface area (Å²) in [5, 5.41) is 1.68. The molecule has 0 unspecified atom stereocenters. The zero-order valence-electron chi connectivity index (χ0n) is 9.67. The van der Waals surface area contributed by atoms with Crippen LogP contribution in [0, 0.1) is 0 Å². The van der Waals surface area contributed by atoms with Crippen molar-refractivity contribution >= 4 is 37.9 Å². The molecule has 0 saturated heterocycles. The fourth-order valence-corrected chi connectivity index (χ4v) is 2.39. The average Bonchev–Trinajstić information content (AvgIpc) is 2.34. The van der Waals surface area contributed by atoms with Gasteiger partial charge in [0.2, 0.25) is 0 Å². The van der Waals surface area contributed by atoms with Gasteiger partial charge in [0.25, 0.3) is 0 Å². The molecule has 0 aliphatic heterocycles. The second-order valence-corrected chi connectivity index (χ2v) is 5.21. The van der Waals surface area contributed by atoms with Gasteiger partial charge in [-0.05, 0) is 30.3 Å². The topological polar surface area (TPSA) is 59.1 Å². The monoisotopic (exact) mass is 276 g/mol. The molecule has 3 rings (SSSR count). The van der Waals surface area contributed by atoms with Gasteiger partial charge in [0.1, 0.15) is 0 Å². The second-order valence-electron chi connectivity index (χ2n) is 4.13. The molecular formula is C13H9FN2O2S. The first-order valence-electron chi connectivity index (χ1n) is 5.53. The zero-order valence-corrected chi connectivity index (χ0v) is 10.5. The lowest BCUT2D eigenvalue weighted by Crippen LogP contribution is -2.05. The zero-order chi connectivity index (χ0) is 13.5. The number of fused-ring (bicyclic) bond motifs is 2. The minimum Gasteiger partial charge on any atom is -0.257 e. The summed E-state index contributed by atoms with van der Waals surface area (Å²) in [4.78, 5) is 4.44. The van der Waals surface area contributed by atoms with Crippen LogP contribution in [-0.4, -0.2) is 13.4 Å². The van der Waals surface area contributed by atoms with Crippen molar-refractivity contribution in [3.8, 4) is 0 Å². The first-order valence-corrected chi connectivity index (χ1v) is 6.92. The van der Waals surface area contributed by atoms with Gasteiger partial charge in [-0.15, -0.1) is 0 Å². The smallest absolute Gasteiger partial charge is 0.257 e. The molecular weight excluding hydrogens is 267 g/mol. The number of pyridine rings is 1. The van der Waals surface area contributed by atoms with Gasteiger partial charge in [-0.25, -0.2) is 4.98 Å². The number of hydrogen-bond donors (Lipinski definition) is 1. The van der Waals surface area contributed by atoms with Crippen molar-refractivity contribution in [1.82, 2.24) is 4.98 Å². The van der Waals surface area contributed by atoms with Gasteiger partial charge in [0.05, 0.1) is 16.7 Å². The third-order valence-electron chi connectivity index (χ3n) is 2.76. The molecule has 0 saturated carbocycles. The highest BCUT2D eigenvalue weighted by Gasteiger charge is 2.07. The van der Waals surface area contributed by atoms with E-state index in [0.29, 0.717) is 0 Å². The highest BCUT2D eigenvalue weighted by atomic mass is 32.3. The molecule has 0 bridgehead atoms. The summed E-state index contributed by atoms with van der Waals surface area (Å²) in [7, 11) is -4.76. The van der Waals surface area contributed by atoms with E-state index in [1.165, 1.54) is 6.07 Å². The molecule has 0 atom stereocenters. The molecule has 4 nitrogen and oxygen atoms in total. The maximum atomic E-state index is 12.6. The second kappa shape index (κ2) is 4.17. The lowest BCUT2D eigenvalue weighted by molar-refractivity contribution is 0.558. The minimum absolute atomic E-state index is 0.173. The molecule has 0 fully saturated rings. The van der Waals surface area contributed by atoms with Crippen LogP contribution in [0.4, 0.5) is 9.57 Å². The standard InChI is InChI=1S/C13H9FN2O2S/c14-19(17,18)16-11-5-6-13-10(8-11)7-9-3-1-2-4-12(9)15-13/h1-8,16H. The predicted molar refractivity (Wildman–Crippen MR) is 72.9 cm³/mol. The number of hydrogen-bond acceptors (Lipinski definition) is 3. The molecule has 6 heteroatoms. The summed E-state index contributed by atoms with van der Waals surface area (Å²) >= 11 is 0. The normalized spacial score (nSPS) is 11.8. The molecule has 1 heterocycles. The third-order valence-corrected chi connectivity index (χ3v) is 3.24. The molecule has 0 radical (unpaired) electrons. The molecule has 0 aliphatic rings. The Labute approximate surface area is 109 Å². The maximum absolute atomic E-state index is 12.6. The number of aromatic nitrogens is 1. The van der Waals surface area contributed by atoms with E-state index in [2.05, 4.69) is 4.98 Å². The fourth-order valence-electron chi connectivity index (χ4n) is 1.98. The van der Waals surface area contributed by atoms with Gasteiger partial charge in [-0.3, -0.25) is 4.72 Å². The van der Waals surface area contributed by atoms with E-state index in [1.807, 2.05) is 30.3 Å². The van der Waals surface area contributed by atoms with Crippen LogP contribution in [-0.2, 0) is 10.4 Å². The van der Waals surface area contributed by atoms with E-state index in [0.717, 1.165) is 21.8 Å². The van der Waals surface area contributed by atoms with E-state index in [9.17, 15) is 12.3 Å². The number of rotatable bonds is 2. The van der Waals surface area contributed by atoms with Gasteiger partial charge in [-0.1, -0.05) is 22.1 Å². The third kappa shape index (κ3) is 2.48. The van der Waals surface area contributed by atoms with E-state index < -0.39 is 10.4 Å². The van der Waals surface area contributed by atoms with Crippen molar-refractivity contribution in [2.75, 3.05) is 4.72 Å². The van der Waals surface area contributed by atoms with Gasteiger partial charge in [-0.2, -0.15) is 8.42 Å². The number of anilines is 1. The minimum atomic E-state index is -4.76. The van der Waals surface area contributed by atoms with Crippen LogP contribution in [0.15, 0.2) is 48.5 Å². The van der Waals surface area contributed by atoms with E-state index >= 15 is 0 Å². The number of nitrogens with zero attached hydrogens (tertiary/aromatic N) is 1. The number of nitrogens with one attached hydrogen (secondary N) is 1. The number of para-hydroxylation sites is 1. The Balaban J connectivity index is 2.19. The largest absolute Gasteiger partial charge is 0.396 e. The van der Waals surface area contributed by atoms with Crippen molar-refractivity contribution in [3.05, 3.63) is 48.5 Å². The molecule has 0 aliphatic carbocycles. The molecule has 1 aromatic heterocycles. The summed E-state index contributed by atoms with van der Waals surface area (Å²) in [6.45, 7) is 0. The summed E-state index contributed by atoms with van der Waals surface area (Å²) in [5.74, 6) is 0. The Kier molecular flexibility index (Phi) is 2.60. The summed E-state index contributed by atoms with van der Waals surface area (Å²) in [5.41, 5.74) is 1.75. The van der Waals surface area contributed by atoms with E-state index in [1.54, 1.807) is 16.9 Å². The molecule has 0 spiro atoms. The van der Waals surface area contributed by atoms with Crippen molar-refractivity contribution in [2.45, 2.75) is 0 Å². The molecule has 2 aromatic carbocycles. The molecule has 3 aromatic rings. The van der Waals surface area contributed by atoms with Crippen LogP contribution >= 0.6 is 0 Å². The van der Waals surface area contributed by atoms with Crippen LogP contribution in [0.25, 0.3) is 21.8 Å². The predicted octanol–water partition coefficient (Wildman–Crippen LogP) is 3.01. The molecule has 96 valence electrons. The van der Waals surface area contributed by atoms with E-state index in [4.69, 9.17) is 0 Å². The first-order chi connectivity index (χ1) is 9.01. The first kappa shape index (κ1) is 11.9. The maximum Gasteiger partial charge on any atom is 0.396 e. The Bertz CT molecular complexity index is 878. The van der Waals surface area contributed by atoms with Crippen molar-refractivity contribution in [2.24, 2.45) is 0 Å². The summed E-state index contributed by atoms with van der Waals surface area (Å²) < 4.78 is 35.5. The highest BCUT2D eigenvalue weighted by Crippen LogP contribution is 2.23. The van der Waals surface area contributed by atoms with Crippen LogP contribution < -0.4 is 4.72 Å². The van der Waals surface area contributed by atoms with Crippen LogP contribution in [0.5, 0.6) is 0 Å². The Hall–Kier alpha value is -2.21. The SMILES string of the molecule is O=S(=O)(F)Nc1ccc2nc3ccccc3cc2c1. The molecule has 0 amide bonds. The molecule has 19 heavy (non-hydrogen) atoms. The van der Waals surface area contributed by atoms with Crippen molar-refractivity contribution < 1.29 is 12.3 Å². The highest BCUT2D eigenvalue weighted by molar-refractivity contribution is 7.87. The molecule has 1 N–H and O–H groups in total.